The average Bonchev–Trinajstić information content (AvgIpc) is 2.43. The molecule has 0 N–H and O–H groups in total. The molecule has 116 valence electrons. The van der Waals surface area contributed by atoms with Crippen LogP contribution < -0.4 is 0 Å². The van der Waals surface area contributed by atoms with Crippen LogP contribution in [0.25, 0.3) is 0 Å². The quantitative estimate of drug-likeness (QED) is 0.301. The Balaban J connectivity index is 3.70. The second kappa shape index (κ2) is 14.3. The molecule has 0 saturated heterocycles. The summed E-state index contributed by atoms with van der Waals surface area (Å²) in [5.74, 6) is 0.908. The maximum absolute atomic E-state index is 12.9. The van der Waals surface area contributed by atoms with Crippen LogP contribution in [-0.2, 0) is 0 Å². The molecular formula is C18H37F. The first-order valence-electron chi connectivity index (χ1n) is 8.82. The van der Waals surface area contributed by atoms with Crippen molar-refractivity contribution in [2.75, 3.05) is 6.67 Å². The second-order valence-electron chi connectivity index (χ2n) is 6.30. The van der Waals surface area contributed by atoms with Crippen molar-refractivity contribution in [1.29, 1.82) is 0 Å². The van der Waals surface area contributed by atoms with E-state index in [2.05, 4.69) is 20.8 Å². The molecule has 0 aliphatic rings. The predicted molar refractivity (Wildman–Crippen MR) is 85.4 cm³/mol. The monoisotopic (exact) mass is 272 g/mol. The standard InChI is InChI=1S/C18H37F/c1-4-6-8-10-12-14-18(17(3)16-19)15-13-11-9-7-5-2/h17-18H,4-16H2,1-3H3/t17-/m0/s1. The van der Waals surface area contributed by atoms with E-state index < -0.39 is 0 Å². The van der Waals surface area contributed by atoms with Gasteiger partial charge in [-0.3, -0.25) is 4.39 Å². The molecule has 0 saturated carbocycles. The minimum atomic E-state index is -0.130. The van der Waals surface area contributed by atoms with Crippen LogP contribution >= 0.6 is 0 Å². The summed E-state index contributed by atoms with van der Waals surface area (Å²) in [6.07, 6.45) is 15.9. The zero-order chi connectivity index (χ0) is 14.3. The highest BCUT2D eigenvalue weighted by atomic mass is 19.1. The van der Waals surface area contributed by atoms with Crippen molar-refractivity contribution in [3.05, 3.63) is 0 Å². The highest BCUT2D eigenvalue weighted by molar-refractivity contribution is 4.67. The molecule has 1 atom stereocenters. The molecule has 0 aromatic carbocycles. The van der Waals surface area contributed by atoms with Gasteiger partial charge < -0.3 is 0 Å². The maximum Gasteiger partial charge on any atom is 0.0922 e. The molecule has 0 unspecified atom stereocenters. The van der Waals surface area contributed by atoms with Crippen LogP contribution in [0.2, 0.25) is 0 Å². The lowest BCUT2D eigenvalue weighted by atomic mass is 9.85. The van der Waals surface area contributed by atoms with Crippen molar-refractivity contribution in [2.24, 2.45) is 11.8 Å². The molecule has 0 rings (SSSR count). The van der Waals surface area contributed by atoms with Gasteiger partial charge >= 0.3 is 0 Å². The molecule has 0 aliphatic carbocycles. The van der Waals surface area contributed by atoms with Crippen molar-refractivity contribution < 1.29 is 4.39 Å². The third-order valence-electron chi connectivity index (χ3n) is 4.41. The summed E-state index contributed by atoms with van der Waals surface area (Å²) in [5.41, 5.74) is 0. The van der Waals surface area contributed by atoms with Crippen molar-refractivity contribution in [3.8, 4) is 0 Å². The molecule has 0 spiro atoms. The van der Waals surface area contributed by atoms with Gasteiger partial charge in [-0.2, -0.15) is 0 Å². The Morgan fingerprint density at radius 2 is 1.11 bits per heavy atom. The molecule has 1 heteroatoms. The number of unbranched alkanes of at least 4 members (excludes halogenated alkanes) is 8. The number of hydrogen-bond acceptors (Lipinski definition) is 0. The van der Waals surface area contributed by atoms with Crippen LogP contribution in [0.5, 0.6) is 0 Å². The first-order valence-corrected chi connectivity index (χ1v) is 8.82. The highest BCUT2D eigenvalue weighted by Crippen LogP contribution is 2.26. The lowest BCUT2D eigenvalue weighted by Crippen LogP contribution is -2.14. The molecule has 0 radical (unpaired) electrons. The van der Waals surface area contributed by atoms with Gasteiger partial charge in [0.25, 0.3) is 0 Å². The van der Waals surface area contributed by atoms with Gasteiger partial charge in [-0.05, 0) is 11.8 Å². The van der Waals surface area contributed by atoms with E-state index in [4.69, 9.17) is 0 Å². The van der Waals surface area contributed by atoms with Crippen molar-refractivity contribution >= 4 is 0 Å². The van der Waals surface area contributed by atoms with Crippen LogP contribution in [0.1, 0.15) is 97.8 Å². The SMILES string of the molecule is CCCCCCCC(CCCCCCC)[C@@H](C)CF. The minimum absolute atomic E-state index is 0.130. The summed E-state index contributed by atoms with van der Waals surface area (Å²) >= 11 is 0. The molecule has 0 aliphatic heterocycles. The van der Waals surface area contributed by atoms with Gasteiger partial charge in [0, 0.05) is 0 Å². The van der Waals surface area contributed by atoms with Crippen LogP contribution in [0.4, 0.5) is 4.39 Å². The number of hydrogen-bond donors (Lipinski definition) is 0. The Kier molecular flexibility index (Phi) is 14.3. The van der Waals surface area contributed by atoms with Gasteiger partial charge in [0.2, 0.25) is 0 Å². The largest absolute Gasteiger partial charge is 0.251 e. The molecule has 0 amide bonds. The van der Waals surface area contributed by atoms with Crippen LogP contribution in [0, 0.1) is 11.8 Å². The Bertz CT molecular complexity index is 153. The summed E-state index contributed by atoms with van der Waals surface area (Å²) in [7, 11) is 0. The van der Waals surface area contributed by atoms with E-state index in [0.29, 0.717) is 5.92 Å². The number of halogens is 1. The number of alkyl halides is 1. The van der Waals surface area contributed by atoms with E-state index in [9.17, 15) is 4.39 Å². The Hall–Kier alpha value is -0.0700. The van der Waals surface area contributed by atoms with Crippen LogP contribution in [0.15, 0.2) is 0 Å². The summed E-state index contributed by atoms with van der Waals surface area (Å²) in [6.45, 7) is 6.48. The summed E-state index contributed by atoms with van der Waals surface area (Å²) < 4.78 is 12.9. The van der Waals surface area contributed by atoms with Crippen LogP contribution in [0.3, 0.4) is 0 Å². The first-order chi connectivity index (χ1) is 9.26. The summed E-state index contributed by atoms with van der Waals surface area (Å²) in [4.78, 5) is 0. The van der Waals surface area contributed by atoms with E-state index in [-0.39, 0.29) is 12.6 Å². The third kappa shape index (κ3) is 11.5. The zero-order valence-electron chi connectivity index (χ0n) is 13.7. The first kappa shape index (κ1) is 18.9. The zero-order valence-corrected chi connectivity index (χ0v) is 13.7. The van der Waals surface area contributed by atoms with Crippen molar-refractivity contribution in [2.45, 2.75) is 97.8 Å². The molecule has 0 bridgehead atoms. The summed E-state index contributed by atoms with van der Waals surface area (Å²) in [6, 6.07) is 0. The normalized spacial score (nSPS) is 13.1. The van der Waals surface area contributed by atoms with E-state index in [1.807, 2.05) is 0 Å². The van der Waals surface area contributed by atoms with Gasteiger partial charge in [-0.1, -0.05) is 97.8 Å². The average molecular weight is 272 g/mol. The number of rotatable bonds is 14. The fourth-order valence-corrected chi connectivity index (χ4v) is 2.86. The van der Waals surface area contributed by atoms with Gasteiger partial charge in [-0.15, -0.1) is 0 Å². The topological polar surface area (TPSA) is 0 Å². The Labute approximate surface area is 121 Å². The third-order valence-corrected chi connectivity index (χ3v) is 4.41. The molecular weight excluding hydrogens is 235 g/mol. The lowest BCUT2D eigenvalue weighted by molar-refractivity contribution is 0.242. The van der Waals surface area contributed by atoms with E-state index in [1.165, 1.54) is 77.0 Å². The van der Waals surface area contributed by atoms with Gasteiger partial charge in [0.1, 0.15) is 0 Å². The van der Waals surface area contributed by atoms with E-state index in [1.54, 1.807) is 0 Å². The molecule has 0 heterocycles. The van der Waals surface area contributed by atoms with Gasteiger partial charge in [0.05, 0.1) is 6.67 Å². The smallest absolute Gasteiger partial charge is 0.0922 e. The Morgan fingerprint density at radius 1 is 0.684 bits per heavy atom. The maximum atomic E-state index is 12.9. The van der Waals surface area contributed by atoms with E-state index >= 15 is 0 Å². The van der Waals surface area contributed by atoms with Gasteiger partial charge in [-0.25, -0.2) is 0 Å². The molecule has 0 fully saturated rings. The predicted octanol–water partition coefficient (Wildman–Crippen LogP) is 6.93. The highest BCUT2D eigenvalue weighted by Gasteiger charge is 2.16. The molecule has 0 nitrogen and oxygen atoms in total. The van der Waals surface area contributed by atoms with Crippen molar-refractivity contribution in [1.82, 2.24) is 0 Å². The van der Waals surface area contributed by atoms with Crippen molar-refractivity contribution in [3.63, 3.8) is 0 Å². The van der Waals surface area contributed by atoms with E-state index in [0.717, 1.165) is 0 Å². The fourth-order valence-electron chi connectivity index (χ4n) is 2.86. The van der Waals surface area contributed by atoms with Crippen LogP contribution in [-0.4, -0.2) is 6.67 Å². The fraction of sp³-hybridized carbons (Fsp3) is 1.00. The van der Waals surface area contributed by atoms with Gasteiger partial charge in [0.15, 0.2) is 0 Å². The lowest BCUT2D eigenvalue weighted by Gasteiger charge is -2.21. The minimum Gasteiger partial charge on any atom is -0.251 e. The Morgan fingerprint density at radius 3 is 1.47 bits per heavy atom. The second-order valence-corrected chi connectivity index (χ2v) is 6.30. The molecule has 0 aromatic rings. The molecule has 0 aromatic heterocycles. The molecule has 19 heavy (non-hydrogen) atoms. The summed E-state index contributed by atoms with van der Waals surface area (Å²) in [5, 5.41) is 0.